The number of nitrogens with one attached hydrogen (secondary N) is 1. The second kappa shape index (κ2) is 8.82. The zero-order chi connectivity index (χ0) is 22.0. The van der Waals surface area contributed by atoms with Crippen molar-refractivity contribution in [1.82, 2.24) is 4.98 Å². The van der Waals surface area contributed by atoms with Gasteiger partial charge in [-0.3, -0.25) is 4.79 Å². The Bertz CT molecular complexity index is 1230. The molecule has 0 aliphatic heterocycles. The molecule has 5 nitrogen and oxygen atoms in total. The highest BCUT2D eigenvalue weighted by atomic mass is 35.5. The van der Waals surface area contributed by atoms with Crippen molar-refractivity contribution < 1.29 is 13.9 Å². The third-order valence-electron chi connectivity index (χ3n) is 5.10. The number of fused-ring (bicyclic) bond motifs is 1. The average molecular weight is 435 g/mol. The van der Waals surface area contributed by atoms with Crippen LogP contribution in [0.4, 0.5) is 5.69 Å². The van der Waals surface area contributed by atoms with Gasteiger partial charge in [-0.15, -0.1) is 0 Å². The first-order valence-corrected chi connectivity index (χ1v) is 10.4. The van der Waals surface area contributed by atoms with Crippen LogP contribution in [0.2, 0.25) is 5.02 Å². The molecule has 0 atom stereocenters. The Morgan fingerprint density at radius 2 is 1.87 bits per heavy atom. The summed E-state index contributed by atoms with van der Waals surface area (Å²) in [5.41, 5.74) is 5.11. The number of oxazole rings is 1. The quantitative estimate of drug-likeness (QED) is 0.378. The molecule has 0 spiro atoms. The van der Waals surface area contributed by atoms with Crippen LogP contribution in [0, 0.1) is 0 Å². The van der Waals surface area contributed by atoms with Crippen molar-refractivity contribution in [3.8, 4) is 5.75 Å². The van der Waals surface area contributed by atoms with Gasteiger partial charge < -0.3 is 14.5 Å². The number of halogens is 1. The Labute approximate surface area is 186 Å². The molecule has 1 N–H and O–H groups in total. The van der Waals surface area contributed by atoms with E-state index in [-0.39, 0.29) is 5.91 Å². The van der Waals surface area contributed by atoms with Gasteiger partial charge in [-0.1, -0.05) is 43.6 Å². The lowest BCUT2D eigenvalue weighted by molar-refractivity contribution is 0.102. The van der Waals surface area contributed by atoms with E-state index in [1.807, 2.05) is 30.3 Å². The van der Waals surface area contributed by atoms with E-state index >= 15 is 0 Å². The maximum Gasteiger partial charge on any atom is 0.255 e. The van der Waals surface area contributed by atoms with Crippen LogP contribution in [0.25, 0.3) is 11.1 Å². The topological polar surface area (TPSA) is 64.4 Å². The van der Waals surface area contributed by atoms with Crippen LogP contribution >= 0.6 is 11.6 Å². The smallest absolute Gasteiger partial charge is 0.255 e. The lowest BCUT2D eigenvalue weighted by atomic mass is 10.0. The standard InChI is InChI=1S/C25H23ClN2O3/c1-15(2)17-6-11-23-21(14-17)28-24(31-23)12-16-4-8-19(9-5-16)27-25(29)18-7-10-22(30-3)20(26)13-18/h4-11,13-15H,12H2,1-3H3,(H,27,29). The van der Waals surface area contributed by atoms with Gasteiger partial charge in [0.15, 0.2) is 11.5 Å². The Kier molecular flexibility index (Phi) is 5.96. The first-order chi connectivity index (χ1) is 14.9. The predicted octanol–water partition coefficient (Wildman–Crippen LogP) is 6.46. The van der Waals surface area contributed by atoms with Crippen LogP contribution in [-0.4, -0.2) is 18.0 Å². The van der Waals surface area contributed by atoms with E-state index in [0.29, 0.717) is 40.3 Å². The van der Waals surface area contributed by atoms with E-state index < -0.39 is 0 Å². The average Bonchev–Trinajstić information content (AvgIpc) is 3.16. The molecule has 0 aliphatic rings. The largest absolute Gasteiger partial charge is 0.495 e. The van der Waals surface area contributed by atoms with Gasteiger partial charge in [-0.2, -0.15) is 0 Å². The lowest BCUT2D eigenvalue weighted by Gasteiger charge is -2.08. The van der Waals surface area contributed by atoms with E-state index in [4.69, 9.17) is 20.8 Å². The molecule has 0 bridgehead atoms. The second-order valence-electron chi connectivity index (χ2n) is 7.67. The van der Waals surface area contributed by atoms with Crippen molar-refractivity contribution in [2.75, 3.05) is 12.4 Å². The minimum absolute atomic E-state index is 0.239. The molecule has 31 heavy (non-hydrogen) atoms. The van der Waals surface area contributed by atoms with E-state index in [9.17, 15) is 4.79 Å². The number of methoxy groups -OCH3 is 1. The van der Waals surface area contributed by atoms with Crippen molar-refractivity contribution in [3.05, 3.63) is 88.3 Å². The second-order valence-corrected chi connectivity index (χ2v) is 8.07. The first-order valence-electron chi connectivity index (χ1n) is 10.1. The van der Waals surface area contributed by atoms with Crippen LogP contribution in [0.1, 0.15) is 47.1 Å². The number of rotatable bonds is 6. The molecule has 1 aromatic heterocycles. The summed E-state index contributed by atoms with van der Waals surface area (Å²) in [6, 6.07) is 18.7. The molecule has 3 aromatic carbocycles. The number of nitrogens with zero attached hydrogens (tertiary/aromatic N) is 1. The van der Waals surface area contributed by atoms with Crippen molar-refractivity contribution in [2.45, 2.75) is 26.2 Å². The fraction of sp³-hybridized carbons (Fsp3) is 0.200. The van der Waals surface area contributed by atoms with Crippen LogP contribution in [0.5, 0.6) is 5.75 Å². The normalized spacial score (nSPS) is 11.1. The number of carbonyl (C=O) groups is 1. The molecule has 0 unspecified atom stereocenters. The van der Waals surface area contributed by atoms with Crippen molar-refractivity contribution >= 4 is 34.3 Å². The summed E-state index contributed by atoms with van der Waals surface area (Å²) in [7, 11) is 1.53. The number of hydrogen-bond acceptors (Lipinski definition) is 4. The van der Waals surface area contributed by atoms with E-state index in [1.54, 1.807) is 18.2 Å². The number of anilines is 1. The van der Waals surface area contributed by atoms with Gasteiger partial charge in [0.2, 0.25) is 0 Å². The highest BCUT2D eigenvalue weighted by Crippen LogP contribution is 2.26. The van der Waals surface area contributed by atoms with Crippen molar-refractivity contribution in [3.63, 3.8) is 0 Å². The molecule has 1 heterocycles. The minimum atomic E-state index is -0.239. The van der Waals surface area contributed by atoms with Gasteiger partial charge in [-0.25, -0.2) is 4.98 Å². The van der Waals surface area contributed by atoms with Crippen LogP contribution in [-0.2, 0) is 6.42 Å². The maximum absolute atomic E-state index is 12.5. The number of ether oxygens (including phenoxy) is 1. The van der Waals surface area contributed by atoms with Crippen LogP contribution in [0.3, 0.4) is 0 Å². The predicted molar refractivity (Wildman–Crippen MR) is 123 cm³/mol. The third-order valence-corrected chi connectivity index (χ3v) is 5.40. The molecule has 6 heteroatoms. The maximum atomic E-state index is 12.5. The molecule has 0 radical (unpaired) electrons. The SMILES string of the molecule is COc1ccc(C(=O)Nc2ccc(Cc3nc4cc(C(C)C)ccc4o3)cc2)cc1Cl. The third kappa shape index (κ3) is 4.72. The van der Waals surface area contributed by atoms with E-state index in [1.165, 1.54) is 12.7 Å². The molecule has 4 aromatic rings. The Morgan fingerprint density at radius 1 is 1.10 bits per heavy atom. The molecule has 0 aliphatic carbocycles. The molecule has 0 fully saturated rings. The number of amides is 1. The van der Waals surface area contributed by atoms with Gasteiger partial charge in [0.1, 0.15) is 11.3 Å². The van der Waals surface area contributed by atoms with Gasteiger partial charge in [0.25, 0.3) is 5.91 Å². The van der Waals surface area contributed by atoms with Gasteiger partial charge in [0.05, 0.1) is 12.1 Å². The Hall–Kier alpha value is -3.31. The van der Waals surface area contributed by atoms with Gasteiger partial charge >= 0.3 is 0 Å². The van der Waals surface area contributed by atoms with Gasteiger partial charge in [0, 0.05) is 17.7 Å². The minimum Gasteiger partial charge on any atom is -0.495 e. The molecule has 0 saturated carbocycles. The molecular weight excluding hydrogens is 412 g/mol. The number of aromatic nitrogens is 1. The summed E-state index contributed by atoms with van der Waals surface area (Å²) < 4.78 is 11.0. The summed E-state index contributed by atoms with van der Waals surface area (Å²) in [6.07, 6.45) is 0.577. The molecule has 0 saturated heterocycles. The fourth-order valence-corrected chi connectivity index (χ4v) is 3.58. The number of carbonyl (C=O) groups excluding carboxylic acids is 1. The van der Waals surface area contributed by atoms with Crippen LogP contribution < -0.4 is 10.1 Å². The molecule has 158 valence electrons. The Morgan fingerprint density at radius 3 is 2.55 bits per heavy atom. The molecular formula is C25H23ClN2O3. The summed E-state index contributed by atoms with van der Waals surface area (Å²) in [6.45, 7) is 4.32. The fourth-order valence-electron chi connectivity index (χ4n) is 3.32. The van der Waals surface area contributed by atoms with Gasteiger partial charge in [-0.05, 0) is 59.5 Å². The summed E-state index contributed by atoms with van der Waals surface area (Å²) in [5, 5.41) is 3.27. The summed E-state index contributed by atoms with van der Waals surface area (Å²) in [4.78, 5) is 17.1. The number of hydrogen-bond donors (Lipinski definition) is 1. The highest BCUT2D eigenvalue weighted by molar-refractivity contribution is 6.32. The van der Waals surface area contributed by atoms with Crippen LogP contribution in [0.15, 0.2) is 65.1 Å². The zero-order valence-corrected chi connectivity index (χ0v) is 18.4. The van der Waals surface area contributed by atoms with Crippen molar-refractivity contribution in [2.24, 2.45) is 0 Å². The zero-order valence-electron chi connectivity index (χ0n) is 17.6. The first kappa shape index (κ1) is 20.9. The van der Waals surface area contributed by atoms with Crippen molar-refractivity contribution in [1.29, 1.82) is 0 Å². The molecule has 1 amide bonds. The summed E-state index contributed by atoms with van der Waals surface area (Å²) in [5.74, 6) is 1.40. The Balaban J connectivity index is 1.44. The monoisotopic (exact) mass is 434 g/mol. The molecule has 4 rings (SSSR count). The van der Waals surface area contributed by atoms with E-state index in [0.717, 1.165) is 16.7 Å². The summed E-state index contributed by atoms with van der Waals surface area (Å²) >= 11 is 6.11. The highest BCUT2D eigenvalue weighted by Gasteiger charge is 2.11. The lowest BCUT2D eigenvalue weighted by Crippen LogP contribution is -2.11. The number of benzene rings is 3. The van der Waals surface area contributed by atoms with E-state index in [2.05, 4.69) is 36.3 Å².